The van der Waals surface area contributed by atoms with Crippen LogP contribution < -0.4 is 11.1 Å². The van der Waals surface area contributed by atoms with E-state index in [1.165, 1.54) is 16.2 Å². The topological polar surface area (TPSA) is 84.7 Å². The fourth-order valence-electron chi connectivity index (χ4n) is 3.10. The van der Waals surface area contributed by atoms with Crippen LogP contribution in [0.5, 0.6) is 0 Å². The van der Waals surface area contributed by atoms with E-state index in [0.717, 1.165) is 37.9 Å². The quantitative estimate of drug-likeness (QED) is 0.865. The van der Waals surface area contributed by atoms with Gasteiger partial charge in [-0.3, -0.25) is 14.5 Å². The van der Waals surface area contributed by atoms with Crippen LogP contribution in [-0.2, 0) is 22.4 Å². The van der Waals surface area contributed by atoms with Crippen molar-refractivity contribution in [1.82, 2.24) is 4.90 Å². The van der Waals surface area contributed by atoms with Crippen LogP contribution in [0.3, 0.4) is 0 Å². The third kappa shape index (κ3) is 2.88. The van der Waals surface area contributed by atoms with Gasteiger partial charge in [0.1, 0.15) is 5.00 Å². The fourth-order valence-corrected chi connectivity index (χ4v) is 4.40. The van der Waals surface area contributed by atoms with Gasteiger partial charge in [-0.25, -0.2) is 0 Å². The molecule has 0 radical (unpaired) electrons. The first-order valence-electron chi connectivity index (χ1n) is 7.65. The summed E-state index contributed by atoms with van der Waals surface area (Å²) in [6.45, 7) is 4.68. The average molecular weight is 323 g/mol. The number of hydrogen-bond acceptors (Lipinski definition) is 5. The van der Waals surface area contributed by atoms with E-state index < -0.39 is 5.91 Å². The van der Waals surface area contributed by atoms with Crippen molar-refractivity contribution in [2.75, 3.05) is 31.6 Å². The molecule has 1 fully saturated rings. The molecule has 0 aromatic carbocycles. The van der Waals surface area contributed by atoms with Crippen molar-refractivity contribution in [1.29, 1.82) is 0 Å². The van der Waals surface area contributed by atoms with Crippen LogP contribution in [-0.4, -0.2) is 49.1 Å². The highest BCUT2D eigenvalue weighted by Gasteiger charge is 2.28. The SMILES string of the molecule is CC(C(=O)Nc1sc2c(c1C(N)=O)CCC2)N1CCOCC1. The van der Waals surface area contributed by atoms with E-state index >= 15 is 0 Å². The van der Waals surface area contributed by atoms with E-state index in [1.807, 2.05) is 6.92 Å². The van der Waals surface area contributed by atoms with Crippen LogP contribution in [0.4, 0.5) is 5.00 Å². The summed E-state index contributed by atoms with van der Waals surface area (Å²) in [4.78, 5) is 27.5. The highest BCUT2D eigenvalue weighted by atomic mass is 32.1. The number of primary amides is 1. The van der Waals surface area contributed by atoms with Crippen molar-refractivity contribution in [2.24, 2.45) is 5.73 Å². The van der Waals surface area contributed by atoms with Crippen molar-refractivity contribution in [3.8, 4) is 0 Å². The van der Waals surface area contributed by atoms with E-state index in [4.69, 9.17) is 10.5 Å². The van der Waals surface area contributed by atoms with E-state index in [0.29, 0.717) is 23.8 Å². The van der Waals surface area contributed by atoms with Gasteiger partial charge in [-0.05, 0) is 31.7 Å². The van der Waals surface area contributed by atoms with Gasteiger partial charge >= 0.3 is 0 Å². The second-order valence-corrected chi connectivity index (χ2v) is 6.84. The molecule has 1 aliphatic carbocycles. The number of carbonyl (C=O) groups excluding carboxylic acids is 2. The van der Waals surface area contributed by atoms with Gasteiger partial charge < -0.3 is 15.8 Å². The van der Waals surface area contributed by atoms with Gasteiger partial charge in [0.2, 0.25) is 5.91 Å². The minimum absolute atomic E-state index is 0.0932. The summed E-state index contributed by atoms with van der Waals surface area (Å²) in [5.74, 6) is -0.543. The Morgan fingerprint density at radius 3 is 2.73 bits per heavy atom. The Morgan fingerprint density at radius 1 is 1.32 bits per heavy atom. The zero-order valence-corrected chi connectivity index (χ0v) is 13.5. The van der Waals surface area contributed by atoms with Gasteiger partial charge in [0.15, 0.2) is 0 Å². The highest BCUT2D eigenvalue weighted by Crippen LogP contribution is 2.38. The lowest BCUT2D eigenvalue weighted by Crippen LogP contribution is -2.47. The second-order valence-electron chi connectivity index (χ2n) is 5.74. The predicted molar refractivity (Wildman–Crippen MR) is 85.3 cm³/mol. The molecule has 3 N–H and O–H groups in total. The number of ether oxygens (including phenoxy) is 1. The van der Waals surface area contributed by atoms with Crippen LogP contribution >= 0.6 is 11.3 Å². The maximum atomic E-state index is 12.5. The van der Waals surface area contributed by atoms with Crippen molar-refractivity contribution < 1.29 is 14.3 Å². The van der Waals surface area contributed by atoms with Gasteiger partial charge in [0.25, 0.3) is 5.91 Å². The van der Waals surface area contributed by atoms with Crippen molar-refractivity contribution in [3.63, 3.8) is 0 Å². The largest absolute Gasteiger partial charge is 0.379 e. The number of nitrogens with two attached hydrogens (primary N) is 1. The Kier molecular flexibility index (Phi) is 4.46. The van der Waals surface area contributed by atoms with E-state index in [1.54, 1.807) is 0 Å². The highest BCUT2D eigenvalue weighted by molar-refractivity contribution is 7.17. The molecule has 1 aliphatic heterocycles. The molecule has 120 valence electrons. The number of nitrogens with one attached hydrogen (secondary N) is 1. The molecule has 6 nitrogen and oxygen atoms in total. The molecule has 1 aromatic rings. The Balaban J connectivity index is 1.75. The molecule has 2 heterocycles. The lowest BCUT2D eigenvalue weighted by molar-refractivity contribution is -0.122. The standard InChI is InChI=1S/C15H21N3O3S/c1-9(18-5-7-21-8-6-18)14(20)17-15-12(13(16)19)10-3-2-4-11(10)22-15/h9H,2-8H2,1H3,(H2,16,19)(H,17,20). The lowest BCUT2D eigenvalue weighted by atomic mass is 10.1. The van der Waals surface area contributed by atoms with Crippen LogP contribution in [0.2, 0.25) is 0 Å². The van der Waals surface area contributed by atoms with Crippen molar-refractivity contribution in [2.45, 2.75) is 32.2 Å². The van der Waals surface area contributed by atoms with Crippen LogP contribution in [0.25, 0.3) is 0 Å². The minimum Gasteiger partial charge on any atom is -0.379 e. The first-order chi connectivity index (χ1) is 10.6. The molecular weight excluding hydrogens is 302 g/mol. The van der Waals surface area contributed by atoms with Gasteiger partial charge in [0, 0.05) is 18.0 Å². The van der Waals surface area contributed by atoms with Gasteiger partial charge in [0.05, 0.1) is 24.8 Å². The average Bonchev–Trinajstić information content (AvgIpc) is 3.07. The third-order valence-corrected chi connectivity index (χ3v) is 5.58. The number of rotatable bonds is 4. The Bertz CT molecular complexity index is 593. The fraction of sp³-hybridized carbons (Fsp3) is 0.600. The molecule has 2 amide bonds. The minimum atomic E-state index is -0.450. The molecule has 1 aromatic heterocycles. The number of aryl methyl sites for hydroxylation is 1. The van der Waals surface area contributed by atoms with E-state index in [-0.39, 0.29) is 11.9 Å². The normalized spacial score (nSPS) is 19.7. The van der Waals surface area contributed by atoms with Gasteiger partial charge in [-0.1, -0.05) is 0 Å². The maximum Gasteiger partial charge on any atom is 0.251 e. The Hall–Kier alpha value is -1.44. The zero-order valence-electron chi connectivity index (χ0n) is 12.7. The summed E-state index contributed by atoms with van der Waals surface area (Å²) >= 11 is 1.49. The van der Waals surface area contributed by atoms with Crippen LogP contribution in [0.15, 0.2) is 0 Å². The predicted octanol–water partition coefficient (Wildman–Crippen LogP) is 0.995. The Labute approximate surface area is 133 Å². The molecule has 1 saturated heterocycles. The van der Waals surface area contributed by atoms with E-state index in [2.05, 4.69) is 10.2 Å². The molecule has 1 atom stereocenters. The smallest absolute Gasteiger partial charge is 0.251 e. The molecule has 0 saturated carbocycles. The molecule has 22 heavy (non-hydrogen) atoms. The van der Waals surface area contributed by atoms with Gasteiger partial charge in [-0.2, -0.15) is 0 Å². The summed E-state index contributed by atoms with van der Waals surface area (Å²) in [6, 6.07) is -0.249. The van der Waals surface area contributed by atoms with E-state index in [9.17, 15) is 9.59 Å². The number of anilines is 1. The summed E-state index contributed by atoms with van der Waals surface area (Å²) < 4.78 is 5.31. The molecule has 0 bridgehead atoms. The summed E-state index contributed by atoms with van der Waals surface area (Å²) in [7, 11) is 0. The maximum absolute atomic E-state index is 12.5. The number of nitrogens with zero attached hydrogens (tertiary/aromatic N) is 1. The van der Waals surface area contributed by atoms with Crippen molar-refractivity contribution >= 4 is 28.2 Å². The van der Waals surface area contributed by atoms with Crippen LogP contribution in [0.1, 0.15) is 34.1 Å². The molecule has 1 unspecified atom stereocenters. The molecule has 0 spiro atoms. The molecular formula is C15H21N3O3S. The number of fused-ring (bicyclic) bond motifs is 1. The first-order valence-corrected chi connectivity index (χ1v) is 8.46. The number of thiophene rings is 1. The molecule has 2 aliphatic rings. The molecule has 7 heteroatoms. The number of amides is 2. The summed E-state index contributed by atoms with van der Waals surface area (Å²) in [6.07, 6.45) is 2.90. The third-order valence-electron chi connectivity index (χ3n) is 4.38. The number of hydrogen-bond donors (Lipinski definition) is 2. The monoisotopic (exact) mass is 323 g/mol. The lowest BCUT2D eigenvalue weighted by Gasteiger charge is -2.31. The Morgan fingerprint density at radius 2 is 2.05 bits per heavy atom. The first kappa shape index (κ1) is 15.5. The summed E-state index contributed by atoms with van der Waals surface area (Å²) in [5.41, 5.74) is 7.06. The zero-order chi connectivity index (χ0) is 15.7. The van der Waals surface area contributed by atoms with Crippen LogP contribution in [0, 0.1) is 0 Å². The van der Waals surface area contributed by atoms with Crippen molar-refractivity contribution in [3.05, 3.63) is 16.0 Å². The number of carbonyl (C=O) groups is 2. The second kappa shape index (κ2) is 6.36. The van der Waals surface area contributed by atoms with Gasteiger partial charge in [-0.15, -0.1) is 11.3 Å². The summed E-state index contributed by atoms with van der Waals surface area (Å²) in [5, 5.41) is 3.53. The number of morpholine rings is 1. The molecule has 3 rings (SSSR count).